The van der Waals surface area contributed by atoms with Crippen molar-refractivity contribution in [2.24, 2.45) is 0 Å². The average molecular weight is 70.1 g/mol. The number of rotatable bonds is 0. The molecular formula is C5H10. The van der Waals surface area contributed by atoms with Crippen LogP contribution in [0.4, 0.5) is 0 Å². The second-order valence-corrected chi connectivity index (χ2v) is 0.780. The predicted molar refractivity (Wildman–Crippen MR) is 25.9 cm³/mol. The molecule has 0 radical (unpaired) electrons. The lowest BCUT2D eigenvalue weighted by Crippen LogP contribution is -1.45. The summed E-state index contributed by atoms with van der Waals surface area (Å²) in [4.78, 5) is 0. The third-order valence-corrected chi connectivity index (χ3v) is 0.354. The molecule has 0 spiro atoms. The fraction of sp³-hybridized carbons (Fsp3) is 0.600. The van der Waals surface area contributed by atoms with Gasteiger partial charge in [-0.1, -0.05) is 6.92 Å². The fourth-order valence-electron chi connectivity index (χ4n) is 0.177. The number of hydrogen-bond donors (Lipinski definition) is 0. The fourth-order valence-corrected chi connectivity index (χ4v) is 0.177. The van der Waals surface area contributed by atoms with E-state index in [1.54, 1.807) is 0 Å². The topological polar surface area (TPSA) is 0 Å². The Bertz CT molecular complexity index is 56.1. The normalized spacial score (nSPS) is 5.20. The minimum atomic E-state index is 0. The summed E-state index contributed by atoms with van der Waals surface area (Å²) in [5.41, 5.74) is 0. The van der Waals surface area contributed by atoms with Crippen LogP contribution in [0.2, 0.25) is 0 Å². The quantitative estimate of drug-likeness (QED) is 0.380. The van der Waals surface area contributed by atoms with Gasteiger partial charge < -0.3 is 0 Å². The van der Waals surface area contributed by atoms with Crippen LogP contribution in [0.1, 0.15) is 21.7 Å². The molecule has 0 saturated heterocycles. The Morgan fingerprint density at radius 3 is 2.40 bits per heavy atom. The molecule has 0 unspecified atom stereocenters. The van der Waals surface area contributed by atoms with Crippen LogP contribution in [0.15, 0.2) is 0 Å². The van der Waals surface area contributed by atoms with Crippen molar-refractivity contribution in [2.45, 2.75) is 20.3 Å². The predicted octanol–water partition coefficient (Wildman–Crippen LogP) is 1.67. The summed E-state index contributed by atoms with van der Waals surface area (Å²) in [6, 6.07) is 0. The van der Waals surface area contributed by atoms with Gasteiger partial charge in [-0.3, -0.25) is 0 Å². The van der Waals surface area contributed by atoms with Crippen LogP contribution in [0, 0.1) is 11.8 Å². The lowest BCUT2D eigenvalue weighted by atomic mass is 10.5. The molecule has 0 aromatic carbocycles. The minimum Gasteiger partial charge on any atom is -0.107 e. The van der Waals surface area contributed by atoms with Crippen LogP contribution >= 0.6 is 0 Å². The Labute approximate surface area is 34.7 Å². The van der Waals surface area contributed by atoms with Crippen LogP contribution in [0.3, 0.4) is 0 Å². The molecule has 0 aliphatic carbocycles. The van der Waals surface area contributed by atoms with Crippen LogP contribution in [-0.2, 0) is 0 Å². The van der Waals surface area contributed by atoms with E-state index >= 15 is 0 Å². The first kappa shape index (κ1) is 4.56. The maximum atomic E-state index is 2.86. The van der Waals surface area contributed by atoms with E-state index in [4.69, 9.17) is 0 Å². The standard InChI is InChI=1S/C5H8.H2/c1-3-5-4-2;/h3H2,1-2H3;1H. The van der Waals surface area contributed by atoms with E-state index in [1.165, 1.54) is 0 Å². The summed E-state index contributed by atoms with van der Waals surface area (Å²) in [5, 5.41) is 0. The van der Waals surface area contributed by atoms with E-state index in [2.05, 4.69) is 11.8 Å². The van der Waals surface area contributed by atoms with Gasteiger partial charge in [0.25, 0.3) is 0 Å². The molecule has 0 aliphatic heterocycles. The Morgan fingerprint density at radius 1 is 1.80 bits per heavy atom. The third kappa shape index (κ3) is 3.56. The maximum Gasteiger partial charge on any atom is 0.00601 e. The van der Waals surface area contributed by atoms with Crippen LogP contribution in [0.5, 0.6) is 0 Å². The van der Waals surface area contributed by atoms with E-state index < -0.39 is 0 Å². The smallest absolute Gasteiger partial charge is 0.00601 e. The second kappa shape index (κ2) is 3.56. The van der Waals surface area contributed by atoms with Crippen LogP contribution in [0.25, 0.3) is 0 Å². The minimum absolute atomic E-state index is 0. The zero-order chi connectivity index (χ0) is 4.12. The van der Waals surface area contributed by atoms with Gasteiger partial charge in [0.2, 0.25) is 0 Å². The first-order valence-electron chi connectivity index (χ1n) is 1.81. The highest BCUT2D eigenvalue weighted by Gasteiger charge is 1.48. The van der Waals surface area contributed by atoms with Gasteiger partial charge in [-0.15, -0.1) is 11.8 Å². The molecule has 0 heterocycles. The second-order valence-electron chi connectivity index (χ2n) is 0.780. The van der Waals surface area contributed by atoms with Crippen LogP contribution in [-0.4, -0.2) is 0 Å². The summed E-state index contributed by atoms with van der Waals surface area (Å²) < 4.78 is 0. The van der Waals surface area contributed by atoms with Crippen molar-refractivity contribution in [3.63, 3.8) is 0 Å². The van der Waals surface area contributed by atoms with Crippen molar-refractivity contribution in [3.8, 4) is 11.8 Å². The summed E-state index contributed by atoms with van der Waals surface area (Å²) >= 11 is 0. The molecule has 30 valence electrons. The highest BCUT2D eigenvalue weighted by Crippen LogP contribution is 1.62. The molecule has 0 N–H and O–H groups in total. The summed E-state index contributed by atoms with van der Waals surface area (Å²) in [6.45, 7) is 3.89. The zero-order valence-electron chi connectivity index (χ0n) is 3.71. The van der Waals surface area contributed by atoms with Gasteiger partial charge in [-0.2, -0.15) is 0 Å². The van der Waals surface area contributed by atoms with Gasteiger partial charge >= 0.3 is 0 Å². The summed E-state index contributed by atoms with van der Waals surface area (Å²) in [7, 11) is 0. The molecule has 0 heteroatoms. The molecule has 0 aromatic rings. The lowest BCUT2D eigenvalue weighted by molar-refractivity contribution is 1.28. The van der Waals surface area contributed by atoms with Gasteiger partial charge in [-0.05, 0) is 6.92 Å². The SMILES string of the molecule is CC#CCC.[HH]. The molecule has 0 atom stereocenters. The highest BCUT2D eigenvalue weighted by molar-refractivity contribution is 4.92. The number of hydrogen-bond acceptors (Lipinski definition) is 0. The molecule has 0 amide bonds. The van der Waals surface area contributed by atoms with Crippen LogP contribution < -0.4 is 0 Å². The Kier molecular flexibility index (Phi) is 3.25. The van der Waals surface area contributed by atoms with Gasteiger partial charge in [-0.25, -0.2) is 0 Å². The van der Waals surface area contributed by atoms with Gasteiger partial charge in [0.1, 0.15) is 0 Å². The Hall–Kier alpha value is -0.440. The van der Waals surface area contributed by atoms with E-state index in [1.807, 2.05) is 13.8 Å². The van der Waals surface area contributed by atoms with Crippen molar-refractivity contribution >= 4 is 0 Å². The Morgan fingerprint density at radius 2 is 2.40 bits per heavy atom. The lowest BCUT2D eigenvalue weighted by Gasteiger charge is -1.58. The molecule has 0 fully saturated rings. The molecule has 5 heavy (non-hydrogen) atoms. The van der Waals surface area contributed by atoms with Crippen molar-refractivity contribution < 1.29 is 1.43 Å². The van der Waals surface area contributed by atoms with E-state index in [0.717, 1.165) is 6.42 Å². The first-order chi connectivity index (χ1) is 2.41. The molecule has 0 bridgehead atoms. The molecule has 0 nitrogen and oxygen atoms in total. The van der Waals surface area contributed by atoms with Crippen molar-refractivity contribution in [1.82, 2.24) is 0 Å². The average Bonchev–Trinajstić information content (AvgIpc) is 1.41. The maximum absolute atomic E-state index is 2.86. The van der Waals surface area contributed by atoms with E-state index in [-0.39, 0.29) is 1.43 Å². The van der Waals surface area contributed by atoms with Gasteiger partial charge in [0, 0.05) is 7.85 Å². The van der Waals surface area contributed by atoms with Gasteiger partial charge in [0.05, 0.1) is 0 Å². The van der Waals surface area contributed by atoms with E-state index in [9.17, 15) is 0 Å². The highest BCUT2D eigenvalue weighted by atomic mass is 13.5. The van der Waals surface area contributed by atoms with Crippen molar-refractivity contribution in [3.05, 3.63) is 0 Å². The first-order valence-corrected chi connectivity index (χ1v) is 1.81. The Balaban J connectivity index is 0. The molecular weight excluding hydrogens is 60.1 g/mol. The summed E-state index contributed by atoms with van der Waals surface area (Å²) in [5.74, 6) is 5.63. The third-order valence-electron chi connectivity index (χ3n) is 0.354. The largest absolute Gasteiger partial charge is 0.107 e. The van der Waals surface area contributed by atoms with E-state index in [0.29, 0.717) is 0 Å². The molecule has 0 aromatic heterocycles. The van der Waals surface area contributed by atoms with Crippen molar-refractivity contribution in [2.75, 3.05) is 0 Å². The molecule has 0 saturated carbocycles. The molecule has 0 aliphatic rings. The zero-order valence-corrected chi connectivity index (χ0v) is 3.71. The van der Waals surface area contributed by atoms with Gasteiger partial charge in [0.15, 0.2) is 0 Å². The monoisotopic (exact) mass is 70.1 g/mol. The van der Waals surface area contributed by atoms with Crippen molar-refractivity contribution in [1.29, 1.82) is 0 Å². The summed E-state index contributed by atoms with van der Waals surface area (Å²) in [6.07, 6.45) is 0.983. The molecule has 0 rings (SSSR count).